The Morgan fingerprint density at radius 3 is 2.56 bits per heavy atom. The minimum absolute atomic E-state index is 0.708. The zero-order valence-corrected chi connectivity index (χ0v) is 11.4. The van der Waals surface area contributed by atoms with Crippen LogP contribution in [-0.4, -0.2) is 30.2 Å². The van der Waals surface area contributed by atoms with Gasteiger partial charge in [-0.25, -0.2) is 9.97 Å². The standard InChI is InChI=1S/C13H22N4O/c1-4-5-14-12-11(18-3)13(17-8-16-12)15-7-10-6-9(10)2/h8-10H,4-7H2,1-3H3,(H2,14,15,16,17). The van der Waals surface area contributed by atoms with Crippen molar-refractivity contribution in [3.63, 3.8) is 0 Å². The molecule has 1 aliphatic carbocycles. The van der Waals surface area contributed by atoms with E-state index in [4.69, 9.17) is 4.74 Å². The van der Waals surface area contributed by atoms with Crippen molar-refractivity contribution in [1.29, 1.82) is 0 Å². The third-order valence-corrected chi connectivity index (χ3v) is 3.36. The second kappa shape index (κ2) is 5.89. The number of methoxy groups -OCH3 is 1. The summed E-state index contributed by atoms with van der Waals surface area (Å²) in [7, 11) is 1.65. The normalized spacial score (nSPS) is 21.5. The maximum atomic E-state index is 5.40. The van der Waals surface area contributed by atoms with Gasteiger partial charge < -0.3 is 15.4 Å². The van der Waals surface area contributed by atoms with Crippen LogP contribution in [0, 0.1) is 11.8 Å². The van der Waals surface area contributed by atoms with Gasteiger partial charge in [0.2, 0.25) is 5.75 Å². The SMILES string of the molecule is CCCNc1ncnc(NCC2CC2C)c1OC. The Hall–Kier alpha value is -1.52. The summed E-state index contributed by atoms with van der Waals surface area (Å²) in [5.74, 6) is 3.87. The Bertz CT molecular complexity index is 397. The van der Waals surface area contributed by atoms with E-state index in [1.54, 1.807) is 13.4 Å². The van der Waals surface area contributed by atoms with Gasteiger partial charge in [0.05, 0.1) is 7.11 Å². The van der Waals surface area contributed by atoms with Crippen molar-refractivity contribution in [2.24, 2.45) is 11.8 Å². The van der Waals surface area contributed by atoms with E-state index >= 15 is 0 Å². The molecule has 0 saturated heterocycles. The smallest absolute Gasteiger partial charge is 0.204 e. The molecule has 1 aromatic heterocycles. The summed E-state index contributed by atoms with van der Waals surface area (Å²) < 4.78 is 5.40. The first-order valence-corrected chi connectivity index (χ1v) is 6.63. The van der Waals surface area contributed by atoms with Gasteiger partial charge in [0.15, 0.2) is 11.6 Å². The van der Waals surface area contributed by atoms with Crippen LogP contribution >= 0.6 is 0 Å². The molecule has 0 radical (unpaired) electrons. The van der Waals surface area contributed by atoms with Gasteiger partial charge in [-0.2, -0.15) is 0 Å². The zero-order chi connectivity index (χ0) is 13.0. The molecule has 0 aliphatic heterocycles. The Morgan fingerprint density at radius 2 is 2.00 bits per heavy atom. The van der Waals surface area contributed by atoms with E-state index in [1.807, 2.05) is 0 Å². The fourth-order valence-electron chi connectivity index (χ4n) is 1.97. The Kier molecular flexibility index (Phi) is 4.23. The molecular weight excluding hydrogens is 228 g/mol. The molecule has 18 heavy (non-hydrogen) atoms. The van der Waals surface area contributed by atoms with Crippen LogP contribution in [-0.2, 0) is 0 Å². The van der Waals surface area contributed by atoms with Crippen LogP contribution in [0.5, 0.6) is 5.75 Å². The summed E-state index contributed by atoms with van der Waals surface area (Å²) in [5.41, 5.74) is 0. The van der Waals surface area contributed by atoms with Crippen LogP contribution in [0.4, 0.5) is 11.6 Å². The lowest BCUT2D eigenvalue weighted by atomic mass is 10.3. The summed E-state index contributed by atoms with van der Waals surface area (Å²) in [4.78, 5) is 8.47. The number of nitrogens with one attached hydrogen (secondary N) is 2. The van der Waals surface area contributed by atoms with E-state index in [9.17, 15) is 0 Å². The van der Waals surface area contributed by atoms with Gasteiger partial charge in [-0.1, -0.05) is 13.8 Å². The molecule has 1 saturated carbocycles. The second-order valence-corrected chi connectivity index (χ2v) is 4.88. The highest BCUT2D eigenvalue weighted by Gasteiger charge is 2.32. The van der Waals surface area contributed by atoms with Crippen molar-refractivity contribution in [3.05, 3.63) is 6.33 Å². The number of anilines is 2. The summed E-state index contributed by atoms with van der Waals surface area (Å²) >= 11 is 0. The van der Waals surface area contributed by atoms with Crippen molar-refractivity contribution in [1.82, 2.24) is 9.97 Å². The number of hydrogen-bond acceptors (Lipinski definition) is 5. The second-order valence-electron chi connectivity index (χ2n) is 4.88. The Morgan fingerprint density at radius 1 is 1.33 bits per heavy atom. The quantitative estimate of drug-likeness (QED) is 0.778. The number of hydrogen-bond donors (Lipinski definition) is 2. The molecule has 1 aliphatic rings. The molecule has 2 N–H and O–H groups in total. The lowest BCUT2D eigenvalue weighted by Crippen LogP contribution is -2.11. The molecule has 0 bridgehead atoms. The molecule has 5 nitrogen and oxygen atoms in total. The first kappa shape index (κ1) is 12.9. The van der Waals surface area contributed by atoms with Crippen molar-refractivity contribution in [2.45, 2.75) is 26.7 Å². The lowest BCUT2D eigenvalue weighted by molar-refractivity contribution is 0.414. The predicted octanol–water partition coefficient (Wildman–Crippen LogP) is 2.38. The van der Waals surface area contributed by atoms with Gasteiger partial charge in [0.1, 0.15) is 6.33 Å². The summed E-state index contributed by atoms with van der Waals surface area (Å²) in [6, 6.07) is 0. The van der Waals surface area contributed by atoms with E-state index in [2.05, 4.69) is 34.4 Å². The third kappa shape index (κ3) is 3.03. The number of nitrogens with zero attached hydrogens (tertiary/aromatic N) is 2. The number of ether oxygens (including phenoxy) is 1. The van der Waals surface area contributed by atoms with Crippen LogP contribution < -0.4 is 15.4 Å². The molecular formula is C13H22N4O. The Labute approximate surface area is 108 Å². The van der Waals surface area contributed by atoms with Crippen molar-refractivity contribution in [3.8, 4) is 5.75 Å². The molecule has 2 rings (SSSR count). The topological polar surface area (TPSA) is 59.1 Å². The molecule has 100 valence electrons. The maximum Gasteiger partial charge on any atom is 0.204 e. The predicted molar refractivity (Wildman–Crippen MR) is 73.1 cm³/mol. The molecule has 0 spiro atoms. The maximum absolute atomic E-state index is 5.40. The van der Waals surface area contributed by atoms with E-state index in [0.29, 0.717) is 5.75 Å². The lowest BCUT2D eigenvalue weighted by Gasteiger charge is -2.13. The molecule has 0 aromatic carbocycles. The average molecular weight is 250 g/mol. The monoisotopic (exact) mass is 250 g/mol. The van der Waals surface area contributed by atoms with Crippen LogP contribution in [0.1, 0.15) is 26.7 Å². The van der Waals surface area contributed by atoms with Crippen LogP contribution in [0.15, 0.2) is 6.33 Å². The van der Waals surface area contributed by atoms with E-state index in [-0.39, 0.29) is 0 Å². The van der Waals surface area contributed by atoms with Gasteiger partial charge in [-0.05, 0) is 24.7 Å². The van der Waals surface area contributed by atoms with E-state index in [1.165, 1.54) is 6.42 Å². The number of aromatic nitrogens is 2. The van der Waals surface area contributed by atoms with Gasteiger partial charge in [-0.15, -0.1) is 0 Å². The van der Waals surface area contributed by atoms with Gasteiger partial charge in [-0.3, -0.25) is 0 Å². The minimum Gasteiger partial charge on any atom is -0.490 e. The van der Waals surface area contributed by atoms with E-state index in [0.717, 1.165) is 43.0 Å². The fourth-order valence-corrected chi connectivity index (χ4v) is 1.97. The fraction of sp³-hybridized carbons (Fsp3) is 0.692. The van der Waals surface area contributed by atoms with E-state index < -0.39 is 0 Å². The van der Waals surface area contributed by atoms with Crippen molar-refractivity contribution >= 4 is 11.6 Å². The third-order valence-electron chi connectivity index (χ3n) is 3.36. The number of rotatable bonds is 7. The summed E-state index contributed by atoms with van der Waals surface area (Å²) in [6.07, 6.45) is 3.93. The highest BCUT2D eigenvalue weighted by molar-refractivity contribution is 5.63. The molecule has 1 aromatic rings. The van der Waals surface area contributed by atoms with Crippen LogP contribution in [0.2, 0.25) is 0 Å². The van der Waals surface area contributed by atoms with Crippen molar-refractivity contribution < 1.29 is 4.74 Å². The molecule has 2 unspecified atom stereocenters. The summed E-state index contributed by atoms with van der Waals surface area (Å²) in [5, 5.41) is 6.61. The summed E-state index contributed by atoms with van der Waals surface area (Å²) in [6.45, 7) is 6.24. The highest BCUT2D eigenvalue weighted by Crippen LogP contribution is 2.38. The first-order chi connectivity index (χ1) is 8.76. The Balaban J connectivity index is 2.03. The molecule has 1 fully saturated rings. The molecule has 0 amide bonds. The minimum atomic E-state index is 0.708. The molecule has 2 atom stereocenters. The zero-order valence-electron chi connectivity index (χ0n) is 11.4. The average Bonchev–Trinajstić information content (AvgIpc) is 3.09. The first-order valence-electron chi connectivity index (χ1n) is 6.63. The molecule has 5 heteroatoms. The molecule has 1 heterocycles. The van der Waals surface area contributed by atoms with Crippen molar-refractivity contribution in [2.75, 3.05) is 30.8 Å². The largest absolute Gasteiger partial charge is 0.490 e. The highest BCUT2D eigenvalue weighted by atomic mass is 16.5. The van der Waals surface area contributed by atoms with Crippen LogP contribution in [0.25, 0.3) is 0 Å². The van der Waals surface area contributed by atoms with Gasteiger partial charge in [0, 0.05) is 13.1 Å². The van der Waals surface area contributed by atoms with Crippen LogP contribution in [0.3, 0.4) is 0 Å². The van der Waals surface area contributed by atoms with Gasteiger partial charge >= 0.3 is 0 Å². The van der Waals surface area contributed by atoms with Gasteiger partial charge in [0.25, 0.3) is 0 Å².